The Bertz CT molecular complexity index is 2920. The number of allylic oxidation sites excluding steroid dienone is 17. The van der Waals surface area contributed by atoms with Gasteiger partial charge in [-0.3, -0.25) is 0 Å². The van der Waals surface area contributed by atoms with Crippen LogP contribution < -0.4 is 9.80 Å². The first-order chi connectivity index (χ1) is 29.8. The molecular weight excluding hydrogens is 749 g/mol. The third-order valence-corrected chi connectivity index (χ3v) is 14.8. The Morgan fingerprint density at radius 1 is 0.650 bits per heavy atom. The summed E-state index contributed by atoms with van der Waals surface area (Å²) in [5.41, 5.74) is 15.2. The predicted molar refractivity (Wildman–Crippen MR) is 253 cm³/mol. The second kappa shape index (κ2) is 14.8. The molecule has 5 aromatic rings. The molecule has 2 heterocycles. The van der Waals surface area contributed by atoms with E-state index in [2.05, 4.69) is 210 Å². The van der Waals surface area contributed by atoms with E-state index < -0.39 is 0 Å². The Morgan fingerprint density at radius 3 is 2.38 bits per heavy atom. The molecule has 0 fully saturated rings. The summed E-state index contributed by atoms with van der Waals surface area (Å²) >= 11 is 2.08. The van der Waals surface area contributed by atoms with E-state index in [-0.39, 0.29) is 12.0 Å². The van der Waals surface area contributed by atoms with Crippen LogP contribution in [0.3, 0.4) is 0 Å². The lowest BCUT2D eigenvalue weighted by Crippen LogP contribution is -2.35. The van der Waals surface area contributed by atoms with Gasteiger partial charge in [0.1, 0.15) is 5.58 Å². The topological polar surface area (TPSA) is 19.6 Å². The van der Waals surface area contributed by atoms with Crippen LogP contribution in [0.1, 0.15) is 49.1 Å². The van der Waals surface area contributed by atoms with Gasteiger partial charge in [-0.05, 0) is 109 Å². The molecule has 60 heavy (non-hydrogen) atoms. The molecule has 0 radical (unpaired) electrons. The lowest BCUT2D eigenvalue weighted by atomic mass is 9.68. The Hall–Kier alpha value is -6.23. The first-order valence-corrected chi connectivity index (χ1v) is 22.6. The van der Waals surface area contributed by atoms with Gasteiger partial charge in [-0.15, -0.1) is 11.8 Å². The third-order valence-electron chi connectivity index (χ3n) is 13.4. The maximum absolute atomic E-state index is 6.80. The minimum Gasteiger partial charge on any atom is -0.454 e. The highest BCUT2D eigenvalue weighted by atomic mass is 32.2. The molecule has 0 saturated carbocycles. The van der Waals surface area contributed by atoms with Crippen molar-refractivity contribution in [3.63, 3.8) is 0 Å². The van der Waals surface area contributed by atoms with E-state index in [1.54, 1.807) is 5.57 Å². The minimum atomic E-state index is 0.261. The first kappa shape index (κ1) is 35.7. The summed E-state index contributed by atoms with van der Waals surface area (Å²) in [5.74, 6) is 0.924. The molecular formula is C56H46N2OS. The average Bonchev–Trinajstić information content (AvgIpc) is 3.90. The van der Waals surface area contributed by atoms with E-state index in [1.165, 1.54) is 49.9 Å². The molecule has 0 N–H and O–H groups in total. The van der Waals surface area contributed by atoms with Gasteiger partial charge in [-0.1, -0.05) is 140 Å². The van der Waals surface area contributed by atoms with Crippen LogP contribution in [-0.4, -0.2) is 11.3 Å². The van der Waals surface area contributed by atoms with Gasteiger partial charge in [0.05, 0.1) is 11.7 Å². The largest absolute Gasteiger partial charge is 0.454 e. The van der Waals surface area contributed by atoms with Crippen LogP contribution in [0.2, 0.25) is 0 Å². The number of nitrogens with zero attached hydrogens (tertiary/aromatic N) is 2. The van der Waals surface area contributed by atoms with E-state index in [0.717, 1.165) is 59.7 Å². The predicted octanol–water partition coefficient (Wildman–Crippen LogP) is 14.7. The van der Waals surface area contributed by atoms with Crippen LogP contribution in [-0.2, 0) is 0 Å². The highest BCUT2D eigenvalue weighted by Crippen LogP contribution is 2.60. The molecule has 12 rings (SSSR count). The van der Waals surface area contributed by atoms with Gasteiger partial charge >= 0.3 is 0 Å². The molecule has 0 spiro atoms. The molecule has 7 aliphatic rings. The number of thioether (sulfide) groups is 1. The molecule has 1 aliphatic heterocycles. The second-order valence-electron chi connectivity index (χ2n) is 16.8. The number of hydrogen-bond donors (Lipinski definition) is 0. The van der Waals surface area contributed by atoms with Crippen molar-refractivity contribution in [2.75, 3.05) is 9.80 Å². The van der Waals surface area contributed by atoms with Crippen molar-refractivity contribution in [1.82, 2.24) is 0 Å². The van der Waals surface area contributed by atoms with Crippen molar-refractivity contribution < 1.29 is 4.42 Å². The molecule has 5 unspecified atom stereocenters. The van der Waals surface area contributed by atoms with Crippen molar-refractivity contribution >= 4 is 55.7 Å². The summed E-state index contributed by atoms with van der Waals surface area (Å²) in [6, 6.07) is 33.7. The van der Waals surface area contributed by atoms with Crippen LogP contribution in [0.25, 0.3) is 26.8 Å². The average molecular weight is 795 g/mol. The Kier molecular flexibility index (Phi) is 8.80. The van der Waals surface area contributed by atoms with Crippen molar-refractivity contribution in [3.8, 4) is 0 Å². The van der Waals surface area contributed by atoms with Crippen molar-refractivity contribution in [3.05, 3.63) is 227 Å². The summed E-state index contributed by atoms with van der Waals surface area (Å²) < 4.78 is 6.80. The number of fused-ring (bicyclic) bond motifs is 10. The summed E-state index contributed by atoms with van der Waals surface area (Å²) in [4.78, 5) is 6.56. The van der Waals surface area contributed by atoms with Crippen LogP contribution >= 0.6 is 11.8 Å². The lowest BCUT2D eigenvalue weighted by Gasteiger charge is -2.38. The highest BCUT2D eigenvalue weighted by Gasteiger charge is 2.45. The molecule has 0 bridgehead atoms. The zero-order chi connectivity index (χ0) is 39.6. The minimum absolute atomic E-state index is 0.261. The summed E-state index contributed by atoms with van der Waals surface area (Å²) in [6.07, 6.45) is 42.6. The Labute approximate surface area is 356 Å². The van der Waals surface area contributed by atoms with Gasteiger partial charge < -0.3 is 14.2 Å². The molecule has 0 saturated heterocycles. The number of hydrogen-bond acceptors (Lipinski definition) is 4. The summed E-state index contributed by atoms with van der Waals surface area (Å²) in [7, 11) is 0. The van der Waals surface area contributed by atoms with Crippen molar-refractivity contribution in [2.24, 2.45) is 11.8 Å². The fourth-order valence-electron chi connectivity index (χ4n) is 10.7. The fraction of sp³-hybridized carbons (Fsp3) is 0.179. The number of para-hydroxylation sites is 3. The fourth-order valence-corrected chi connectivity index (χ4v) is 12.3. The van der Waals surface area contributed by atoms with Crippen molar-refractivity contribution in [2.45, 2.75) is 49.3 Å². The van der Waals surface area contributed by atoms with Gasteiger partial charge in [0.2, 0.25) is 0 Å². The first-order valence-electron chi connectivity index (χ1n) is 21.7. The molecule has 4 heteroatoms. The Balaban J connectivity index is 0.991. The maximum atomic E-state index is 6.80. The number of benzene rings is 4. The van der Waals surface area contributed by atoms with Gasteiger partial charge in [0.25, 0.3) is 0 Å². The molecule has 0 amide bonds. The number of furan rings is 1. The zero-order valence-electron chi connectivity index (χ0n) is 33.5. The van der Waals surface area contributed by atoms with Gasteiger partial charge in [0, 0.05) is 61.5 Å². The number of rotatable bonds is 7. The molecule has 6 aliphatic carbocycles. The van der Waals surface area contributed by atoms with E-state index in [9.17, 15) is 0 Å². The van der Waals surface area contributed by atoms with E-state index in [1.807, 2.05) is 0 Å². The van der Waals surface area contributed by atoms with Crippen LogP contribution in [0, 0.1) is 11.8 Å². The lowest BCUT2D eigenvalue weighted by molar-refractivity contribution is 0.586. The van der Waals surface area contributed by atoms with Gasteiger partial charge in [-0.25, -0.2) is 0 Å². The standard InChI is InChI=1S/C56H46N2OS/c1-4-17-37(18-5-1)42-23-12-14-28-50(42)58(51-29-16-27-46-44-25-13-15-30-52(44)59-55(46)51)40-31-33-47-49(35-40)43-24-10-11-26-45(43)54-48-34-32-41(36-53(48)60-56(47)54)57(38-19-6-2-7-20-38)39-21-8-3-9-22-39/h1-4,6-13,15-17,19-21,23-27,29-36,39,43,45,48,53H,5,14,18,22,28H2. The summed E-state index contributed by atoms with van der Waals surface area (Å²) in [5, 5.41) is 2.64. The highest BCUT2D eigenvalue weighted by molar-refractivity contribution is 8.09. The van der Waals surface area contributed by atoms with E-state index in [4.69, 9.17) is 4.42 Å². The van der Waals surface area contributed by atoms with Crippen molar-refractivity contribution in [1.29, 1.82) is 0 Å². The zero-order valence-corrected chi connectivity index (χ0v) is 34.3. The van der Waals surface area contributed by atoms with E-state index >= 15 is 0 Å². The smallest absolute Gasteiger partial charge is 0.159 e. The SMILES string of the molecule is C1=CCCC(C2=C(N(c3ccc4c(c3)C3C=CC=CC3C3=C4SC4C=C(N(c5ccccc5)C5C=CC=CC5)C=CC34)c3cccc4c3oc3ccccc34)CCC=C2)=C1. The molecule has 292 valence electrons. The third kappa shape index (κ3) is 5.87. The van der Waals surface area contributed by atoms with Crippen LogP contribution in [0.4, 0.5) is 17.1 Å². The van der Waals surface area contributed by atoms with Crippen LogP contribution in [0.5, 0.6) is 0 Å². The second-order valence-corrected chi connectivity index (χ2v) is 18.0. The summed E-state index contributed by atoms with van der Waals surface area (Å²) in [6.45, 7) is 0. The quantitative estimate of drug-likeness (QED) is 0.163. The molecule has 1 aromatic heterocycles. The van der Waals surface area contributed by atoms with Gasteiger partial charge in [0.15, 0.2) is 5.58 Å². The molecule has 5 atom stereocenters. The van der Waals surface area contributed by atoms with E-state index in [0.29, 0.717) is 17.1 Å². The number of anilines is 3. The molecule has 4 aromatic carbocycles. The molecule has 3 nitrogen and oxygen atoms in total. The van der Waals surface area contributed by atoms with Gasteiger partial charge in [-0.2, -0.15) is 0 Å². The van der Waals surface area contributed by atoms with Crippen LogP contribution in [0.15, 0.2) is 221 Å². The monoisotopic (exact) mass is 794 g/mol. The normalized spacial score (nSPS) is 24.7. The Morgan fingerprint density at radius 2 is 1.50 bits per heavy atom. The maximum Gasteiger partial charge on any atom is 0.159 e.